The molecule has 1 saturated heterocycles. The van der Waals surface area contributed by atoms with E-state index in [0.29, 0.717) is 16.8 Å². The van der Waals surface area contributed by atoms with Crippen LogP contribution in [0.4, 0.5) is 5.69 Å². The van der Waals surface area contributed by atoms with Crippen LogP contribution in [0.3, 0.4) is 0 Å². The summed E-state index contributed by atoms with van der Waals surface area (Å²) in [6.45, 7) is 4.42. The van der Waals surface area contributed by atoms with E-state index in [-0.39, 0.29) is 0 Å². The quantitative estimate of drug-likeness (QED) is 0.825. The fraction of sp³-hybridized carbons (Fsp3) is 0.500. The summed E-state index contributed by atoms with van der Waals surface area (Å²) in [5.74, 6) is 2.45. The first-order chi connectivity index (χ1) is 7.66. The largest absolute Gasteiger partial charge is 0.398 e. The molecule has 1 aliphatic rings. The van der Waals surface area contributed by atoms with Gasteiger partial charge in [-0.1, -0.05) is 17.7 Å². The Balaban J connectivity index is 2.05. The predicted molar refractivity (Wildman–Crippen MR) is 73.1 cm³/mol. The zero-order chi connectivity index (χ0) is 11.5. The Labute approximate surface area is 106 Å². The SMILES string of the molecule is CC1CSCCN1Cc1ccc(N)c(Cl)c1. The van der Waals surface area contributed by atoms with Crippen molar-refractivity contribution in [2.45, 2.75) is 19.5 Å². The Hall–Kier alpha value is -0.380. The smallest absolute Gasteiger partial charge is 0.0638 e. The van der Waals surface area contributed by atoms with E-state index in [1.807, 2.05) is 23.9 Å². The summed E-state index contributed by atoms with van der Waals surface area (Å²) in [5.41, 5.74) is 7.61. The van der Waals surface area contributed by atoms with Gasteiger partial charge in [-0.3, -0.25) is 4.90 Å². The molecule has 1 fully saturated rings. The van der Waals surface area contributed by atoms with Crippen molar-refractivity contribution in [3.63, 3.8) is 0 Å². The second-order valence-corrected chi connectivity index (χ2v) is 5.81. The van der Waals surface area contributed by atoms with Crippen LogP contribution in [0.5, 0.6) is 0 Å². The van der Waals surface area contributed by atoms with Crippen LogP contribution in [0.15, 0.2) is 18.2 Å². The lowest BCUT2D eigenvalue weighted by Gasteiger charge is -2.33. The second kappa shape index (κ2) is 5.30. The van der Waals surface area contributed by atoms with Crippen molar-refractivity contribution in [2.24, 2.45) is 0 Å². The van der Waals surface area contributed by atoms with Crippen LogP contribution in [-0.4, -0.2) is 29.0 Å². The van der Waals surface area contributed by atoms with Crippen LogP contribution in [0, 0.1) is 0 Å². The number of benzene rings is 1. The first-order valence-corrected chi connectivity index (χ1v) is 7.06. The zero-order valence-corrected chi connectivity index (χ0v) is 11.0. The summed E-state index contributed by atoms with van der Waals surface area (Å²) in [7, 11) is 0. The number of rotatable bonds is 2. The number of thioether (sulfide) groups is 1. The van der Waals surface area contributed by atoms with Gasteiger partial charge in [-0.15, -0.1) is 0 Å². The molecule has 0 aromatic heterocycles. The Morgan fingerprint density at radius 2 is 2.38 bits per heavy atom. The summed E-state index contributed by atoms with van der Waals surface area (Å²) >= 11 is 8.06. The topological polar surface area (TPSA) is 29.3 Å². The molecule has 4 heteroatoms. The van der Waals surface area contributed by atoms with Crippen LogP contribution in [-0.2, 0) is 6.54 Å². The minimum Gasteiger partial charge on any atom is -0.398 e. The Kier molecular flexibility index (Phi) is 4.00. The molecule has 0 saturated carbocycles. The zero-order valence-electron chi connectivity index (χ0n) is 9.45. The van der Waals surface area contributed by atoms with Gasteiger partial charge in [-0.25, -0.2) is 0 Å². The number of anilines is 1. The molecule has 0 radical (unpaired) electrons. The van der Waals surface area contributed by atoms with Crippen molar-refractivity contribution in [3.8, 4) is 0 Å². The Bertz CT molecular complexity index is 370. The van der Waals surface area contributed by atoms with Gasteiger partial charge in [-0.05, 0) is 24.6 Å². The number of halogens is 1. The summed E-state index contributed by atoms with van der Waals surface area (Å²) in [6, 6.07) is 6.58. The third kappa shape index (κ3) is 2.84. The van der Waals surface area contributed by atoms with Crippen LogP contribution in [0.1, 0.15) is 12.5 Å². The van der Waals surface area contributed by atoms with Crippen LogP contribution >= 0.6 is 23.4 Å². The van der Waals surface area contributed by atoms with Crippen LogP contribution < -0.4 is 5.73 Å². The van der Waals surface area contributed by atoms with Gasteiger partial charge in [0.25, 0.3) is 0 Å². The number of hydrogen-bond donors (Lipinski definition) is 1. The fourth-order valence-corrected chi connectivity index (χ4v) is 3.19. The molecule has 2 rings (SSSR count). The number of nitrogen functional groups attached to an aromatic ring is 1. The maximum absolute atomic E-state index is 6.02. The van der Waals surface area contributed by atoms with Gasteiger partial charge >= 0.3 is 0 Å². The highest BCUT2D eigenvalue weighted by atomic mass is 35.5. The summed E-state index contributed by atoms with van der Waals surface area (Å²) in [6.07, 6.45) is 0. The average molecular weight is 257 g/mol. The van der Waals surface area contributed by atoms with Crippen LogP contribution in [0.2, 0.25) is 5.02 Å². The van der Waals surface area contributed by atoms with Crippen molar-refractivity contribution in [1.29, 1.82) is 0 Å². The number of nitrogens with two attached hydrogens (primary N) is 1. The monoisotopic (exact) mass is 256 g/mol. The lowest BCUT2D eigenvalue weighted by molar-refractivity contribution is 0.224. The van der Waals surface area contributed by atoms with Gasteiger partial charge < -0.3 is 5.73 Å². The highest BCUT2D eigenvalue weighted by molar-refractivity contribution is 7.99. The van der Waals surface area contributed by atoms with E-state index in [1.54, 1.807) is 0 Å². The highest BCUT2D eigenvalue weighted by Crippen LogP contribution is 2.23. The molecule has 1 unspecified atom stereocenters. The van der Waals surface area contributed by atoms with Crippen molar-refractivity contribution in [3.05, 3.63) is 28.8 Å². The van der Waals surface area contributed by atoms with E-state index in [9.17, 15) is 0 Å². The molecule has 0 bridgehead atoms. The first-order valence-electron chi connectivity index (χ1n) is 5.52. The first kappa shape index (κ1) is 12.1. The van der Waals surface area contributed by atoms with Gasteiger partial charge in [0.2, 0.25) is 0 Å². The number of nitrogens with zero attached hydrogens (tertiary/aromatic N) is 1. The summed E-state index contributed by atoms with van der Waals surface area (Å²) < 4.78 is 0. The lowest BCUT2D eigenvalue weighted by Crippen LogP contribution is -2.39. The van der Waals surface area contributed by atoms with Crippen molar-refractivity contribution in [2.75, 3.05) is 23.8 Å². The fourth-order valence-electron chi connectivity index (χ4n) is 1.90. The molecule has 88 valence electrons. The van der Waals surface area contributed by atoms with E-state index in [4.69, 9.17) is 17.3 Å². The average Bonchev–Trinajstić information content (AvgIpc) is 2.27. The van der Waals surface area contributed by atoms with E-state index in [2.05, 4.69) is 17.9 Å². The second-order valence-electron chi connectivity index (χ2n) is 4.25. The van der Waals surface area contributed by atoms with E-state index >= 15 is 0 Å². The standard InChI is InChI=1S/C12H17ClN2S/c1-9-8-16-5-4-15(9)7-10-2-3-12(14)11(13)6-10/h2-3,6,9H,4-5,7-8,14H2,1H3. The van der Waals surface area contributed by atoms with Crippen LogP contribution in [0.25, 0.3) is 0 Å². The molecular weight excluding hydrogens is 240 g/mol. The molecule has 1 atom stereocenters. The Morgan fingerprint density at radius 1 is 1.56 bits per heavy atom. The molecule has 2 N–H and O–H groups in total. The van der Waals surface area contributed by atoms with Gasteiger partial charge in [0.1, 0.15) is 0 Å². The predicted octanol–water partition coefficient (Wildman–Crippen LogP) is 2.86. The molecule has 0 spiro atoms. The maximum Gasteiger partial charge on any atom is 0.0638 e. The van der Waals surface area contributed by atoms with E-state index < -0.39 is 0 Å². The maximum atomic E-state index is 6.02. The molecule has 0 aliphatic carbocycles. The molecule has 1 heterocycles. The minimum absolute atomic E-state index is 0.648. The summed E-state index contributed by atoms with van der Waals surface area (Å²) in [4.78, 5) is 2.50. The molecular formula is C12H17ClN2S. The van der Waals surface area contributed by atoms with Gasteiger partial charge in [0.15, 0.2) is 0 Å². The minimum atomic E-state index is 0.648. The molecule has 1 aromatic carbocycles. The summed E-state index contributed by atoms with van der Waals surface area (Å²) in [5, 5.41) is 0.663. The van der Waals surface area contributed by atoms with Gasteiger partial charge in [0.05, 0.1) is 10.7 Å². The molecule has 1 aliphatic heterocycles. The van der Waals surface area contributed by atoms with Crippen molar-refractivity contribution < 1.29 is 0 Å². The van der Waals surface area contributed by atoms with Gasteiger partial charge in [0, 0.05) is 30.6 Å². The normalized spacial score (nSPS) is 22.2. The third-order valence-electron chi connectivity index (χ3n) is 2.96. The molecule has 1 aromatic rings. The highest BCUT2D eigenvalue weighted by Gasteiger charge is 2.18. The van der Waals surface area contributed by atoms with Crippen molar-refractivity contribution in [1.82, 2.24) is 4.90 Å². The van der Waals surface area contributed by atoms with Gasteiger partial charge in [-0.2, -0.15) is 11.8 Å². The molecule has 2 nitrogen and oxygen atoms in total. The Morgan fingerprint density at radius 3 is 3.06 bits per heavy atom. The van der Waals surface area contributed by atoms with E-state index in [0.717, 1.165) is 13.1 Å². The molecule has 16 heavy (non-hydrogen) atoms. The lowest BCUT2D eigenvalue weighted by atomic mass is 10.1. The third-order valence-corrected chi connectivity index (χ3v) is 4.47. The molecule has 0 amide bonds. The number of hydrogen-bond acceptors (Lipinski definition) is 3. The van der Waals surface area contributed by atoms with Crippen molar-refractivity contribution >= 4 is 29.1 Å². The van der Waals surface area contributed by atoms with E-state index in [1.165, 1.54) is 17.1 Å².